The normalized spacial score (nSPS) is 20.8. The number of rotatable bonds is 3. The highest BCUT2D eigenvalue weighted by molar-refractivity contribution is 9.11. The lowest BCUT2D eigenvalue weighted by molar-refractivity contribution is 0.414. The number of piperidine rings is 1. The van der Waals surface area contributed by atoms with Gasteiger partial charge in [0.2, 0.25) is 0 Å². The summed E-state index contributed by atoms with van der Waals surface area (Å²) in [4.78, 5) is 0. The Bertz CT molecular complexity index is 329. The number of anilines is 1. The molecule has 16 heavy (non-hydrogen) atoms. The lowest BCUT2D eigenvalue weighted by Crippen LogP contribution is -2.39. The molecule has 1 aromatic carbocycles. The minimum absolute atomic E-state index is 0.604. The molecular formula is C12H16Br2N2. The van der Waals surface area contributed by atoms with Gasteiger partial charge in [0.1, 0.15) is 0 Å². The molecular weight excluding hydrogens is 332 g/mol. The second-order valence-electron chi connectivity index (χ2n) is 4.12. The highest BCUT2D eigenvalue weighted by atomic mass is 79.9. The smallest absolute Gasteiger partial charge is 0.0629 e. The summed E-state index contributed by atoms with van der Waals surface area (Å²) in [5, 5.41) is 7.03. The lowest BCUT2D eigenvalue weighted by atomic mass is 10.1. The number of halogens is 2. The third-order valence-electron chi connectivity index (χ3n) is 2.90. The molecule has 0 spiro atoms. The van der Waals surface area contributed by atoms with E-state index in [9.17, 15) is 0 Å². The maximum atomic E-state index is 3.56. The van der Waals surface area contributed by atoms with Gasteiger partial charge in [-0.3, -0.25) is 0 Å². The molecule has 1 fully saturated rings. The molecule has 1 saturated heterocycles. The van der Waals surface area contributed by atoms with Gasteiger partial charge in [0.05, 0.1) is 5.69 Å². The van der Waals surface area contributed by atoms with E-state index in [2.05, 4.69) is 54.6 Å². The van der Waals surface area contributed by atoms with E-state index in [-0.39, 0.29) is 0 Å². The standard InChI is InChI=1S/C12H16Br2N2/c13-10-5-3-6-11(14)12(10)16-8-9-4-1-2-7-15-9/h3,5-6,9,15-16H,1-2,4,7-8H2. The SMILES string of the molecule is Brc1cccc(Br)c1NCC1CCCCN1. The second kappa shape index (κ2) is 6.03. The first-order valence-electron chi connectivity index (χ1n) is 5.68. The largest absolute Gasteiger partial charge is 0.382 e. The number of benzene rings is 1. The Morgan fingerprint density at radius 1 is 1.25 bits per heavy atom. The van der Waals surface area contributed by atoms with Crippen molar-refractivity contribution in [1.82, 2.24) is 5.32 Å². The molecule has 0 saturated carbocycles. The molecule has 0 aromatic heterocycles. The van der Waals surface area contributed by atoms with E-state index >= 15 is 0 Å². The van der Waals surface area contributed by atoms with Crippen molar-refractivity contribution in [2.24, 2.45) is 0 Å². The van der Waals surface area contributed by atoms with Crippen LogP contribution >= 0.6 is 31.9 Å². The molecule has 88 valence electrons. The van der Waals surface area contributed by atoms with Gasteiger partial charge >= 0.3 is 0 Å². The van der Waals surface area contributed by atoms with Crippen molar-refractivity contribution in [3.05, 3.63) is 27.1 Å². The van der Waals surface area contributed by atoms with Gasteiger partial charge in [-0.25, -0.2) is 0 Å². The predicted molar refractivity (Wildman–Crippen MR) is 76.0 cm³/mol. The molecule has 0 amide bonds. The predicted octanol–water partition coefficient (Wildman–Crippen LogP) is 3.77. The van der Waals surface area contributed by atoms with Crippen LogP contribution in [-0.4, -0.2) is 19.1 Å². The Morgan fingerprint density at radius 3 is 2.62 bits per heavy atom. The molecule has 2 rings (SSSR count). The number of para-hydroxylation sites is 1. The van der Waals surface area contributed by atoms with Gasteiger partial charge in [0.15, 0.2) is 0 Å². The fraction of sp³-hybridized carbons (Fsp3) is 0.500. The van der Waals surface area contributed by atoms with Crippen LogP contribution in [0.15, 0.2) is 27.1 Å². The fourth-order valence-electron chi connectivity index (χ4n) is 1.99. The Kier molecular flexibility index (Phi) is 4.67. The van der Waals surface area contributed by atoms with E-state index in [4.69, 9.17) is 0 Å². The van der Waals surface area contributed by atoms with E-state index in [0.29, 0.717) is 6.04 Å². The van der Waals surface area contributed by atoms with Crippen molar-refractivity contribution >= 4 is 37.5 Å². The summed E-state index contributed by atoms with van der Waals surface area (Å²) in [5.74, 6) is 0. The van der Waals surface area contributed by atoms with Crippen molar-refractivity contribution in [3.63, 3.8) is 0 Å². The summed E-state index contributed by atoms with van der Waals surface area (Å²) in [7, 11) is 0. The highest BCUT2D eigenvalue weighted by Gasteiger charge is 2.13. The van der Waals surface area contributed by atoms with Crippen molar-refractivity contribution < 1.29 is 0 Å². The van der Waals surface area contributed by atoms with Crippen LogP contribution in [0.3, 0.4) is 0 Å². The Labute approximate surface area is 113 Å². The average Bonchev–Trinajstić information content (AvgIpc) is 2.30. The maximum Gasteiger partial charge on any atom is 0.0629 e. The molecule has 1 aromatic rings. The van der Waals surface area contributed by atoms with Gasteiger partial charge in [-0.1, -0.05) is 12.5 Å². The minimum atomic E-state index is 0.604. The summed E-state index contributed by atoms with van der Waals surface area (Å²) in [5.41, 5.74) is 1.15. The van der Waals surface area contributed by atoms with E-state index in [1.165, 1.54) is 19.3 Å². The van der Waals surface area contributed by atoms with Crippen LogP contribution in [0.1, 0.15) is 19.3 Å². The number of nitrogens with one attached hydrogen (secondary N) is 2. The molecule has 1 aliphatic heterocycles. The monoisotopic (exact) mass is 346 g/mol. The van der Waals surface area contributed by atoms with Crippen LogP contribution in [0.25, 0.3) is 0 Å². The van der Waals surface area contributed by atoms with Gasteiger partial charge in [-0.05, 0) is 63.4 Å². The van der Waals surface area contributed by atoms with Crippen LogP contribution in [0.2, 0.25) is 0 Å². The van der Waals surface area contributed by atoms with Gasteiger partial charge in [0.25, 0.3) is 0 Å². The summed E-state index contributed by atoms with van der Waals surface area (Å²) < 4.78 is 2.22. The third kappa shape index (κ3) is 3.22. The van der Waals surface area contributed by atoms with Crippen LogP contribution in [0.5, 0.6) is 0 Å². The second-order valence-corrected chi connectivity index (χ2v) is 5.83. The molecule has 2 N–H and O–H groups in total. The first kappa shape index (κ1) is 12.4. The van der Waals surface area contributed by atoms with Gasteiger partial charge in [0, 0.05) is 21.5 Å². The zero-order valence-corrected chi connectivity index (χ0v) is 12.3. The van der Waals surface area contributed by atoms with E-state index in [1.54, 1.807) is 0 Å². The first-order valence-corrected chi connectivity index (χ1v) is 7.27. The van der Waals surface area contributed by atoms with Crippen molar-refractivity contribution in [3.8, 4) is 0 Å². The van der Waals surface area contributed by atoms with Crippen molar-refractivity contribution in [2.45, 2.75) is 25.3 Å². The Hall–Kier alpha value is -0.0600. The van der Waals surface area contributed by atoms with Crippen LogP contribution in [-0.2, 0) is 0 Å². The van der Waals surface area contributed by atoms with E-state index in [1.807, 2.05) is 6.07 Å². The molecule has 0 radical (unpaired) electrons. The Balaban J connectivity index is 1.93. The van der Waals surface area contributed by atoms with Gasteiger partial charge in [-0.15, -0.1) is 0 Å². The van der Waals surface area contributed by atoms with Crippen molar-refractivity contribution in [1.29, 1.82) is 0 Å². The molecule has 0 bridgehead atoms. The maximum absolute atomic E-state index is 3.56. The average molecular weight is 348 g/mol. The zero-order chi connectivity index (χ0) is 11.4. The van der Waals surface area contributed by atoms with Crippen molar-refractivity contribution in [2.75, 3.05) is 18.4 Å². The summed E-state index contributed by atoms with van der Waals surface area (Å²) >= 11 is 7.12. The zero-order valence-electron chi connectivity index (χ0n) is 9.10. The van der Waals surface area contributed by atoms with Crippen LogP contribution < -0.4 is 10.6 Å². The Morgan fingerprint density at radius 2 is 2.00 bits per heavy atom. The molecule has 4 heteroatoms. The van der Waals surface area contributed by atoms with Crippen LogP contribution in [0.4, 0.5) is 5.69 Å². The van der Waals surface area contributed by atoms with Crippen LogP contribution in [0, 0.1) is 0 Å². The lowest BCUT2D eigenvalue weighted by Gasteiger charge is -2.24. The fourth-order valence-corrected chi connectivity index (χ4v) is 3.27. The molecule has 1 aliphatic rings. The van der Waals surface area contributed by atoms with Gasteiger partial charge in [-0.2, -0.15) is 0 Å². The molecule has 1 atom stereocenters. The summed E-state index contributed by atoms with van der Waals surface area (Å²) in [6, 6.07) is 6.74. The van der Waals surface area contributed by atoms with E-state index in [0.717, 1.165) is 27.7 Å². The minimum Gasteiger partial charge on any atom is -0.382 e. The summed E-state index contributed by atoms with van der Waals surface area (Å²) in [6.45, 7) is 2.14. The third-order valence-corrected chi connectivity index (χ3v) is 4.22. The van der Waals surface area contributed by atoms with Gasteiger partial charge < -0.3 is 10.6 Å². The highest BCUT2D eigenvalue weighted by Crippen LogP contribution is 2.30. The summed E-state index contributed by atoms with van der Waals surface area (Å²) in [6.07, 6.45) is 3.93. The molecule has 0 aliphatic carbocycles. The molecule has 2 nitrogen and oxygen atoms in total. The van der Waals surface area contributed by atoms with E-state index < -0.39 is 0 Å². The molecule has 1 heterocycles. The quantitative estimate of drug-likeness (QED) is 0.869. The number of hydrogen-bond acceptors (Lipinski definition) is 2. The number of hydrogen-bond donors (Lipinski definition) is 2. The molecule has 1 unspecified atom stereocenters. The first-order chi connectivity index (χ1) is 7.77. The topological polar surface area (TPSA) is 24.1 Å².